The Hall–Kier alpha value is -1.79. The number of ether oxygens (including phenoxy) is 2. The zero-order valence-electron chi connectivity index (χ0n) is 12.7. The van der Waals surface area contributed by atoms with E-state index in [-0.39, 0.29) is 0 Å². The third kappa shape index (κ3) is 4.61. The maximum Gasteiger partial charge on any atom is 0.161 e. The first-order chi connectivity index (χ1) is 10.2. The third-order valence-corrected chi connectivity index (χ3v) is 3.66. The average molecular weight is 293 g/mol. The van der Waals surface area contributed by atoms with Crippen molar-refractivity contribution >= 4 is 6.21 Å². The van der Waals surface area contributed by atoms with Crippen LogP contribution in [0.4, 0.5) is 0 Å². The van der Waals surface area contributed by atoms with Gasteiger partial charge in [0.25, 0.3) is 0 Å². The van der Waals surface area contributed by atoms with Gasteiger partial charge >= 0.3 is 0 Å². The largest absolute Gasteiger partial charge is 0.493 e. The number of oxime groups is 1. The van der Waals surface area contributed by atoms with E-state index in [9.17, 15) is 0 Å². The van der Waals surface area contributed by atoms with E-state index in [0.717, 1.165) is 38.3 Å². The van der Waals surface area contributed by atoms with Crippen LogP contribution in [0.15, 0.2) is 23.4 Å². The van der Waals surface area contributed by atoms with E-state index in [1.54, 1.807) is 13.2 Å². The fourth-order valence-corrected chi connectivity index (χ4v) is 2.31. The van der Waals surface area contributed by atoms with Crippen molar-refractivity contribution in [3.63, 3.8) is 0 Å². The van der Waals surface area contributed by atoms with Gasteiger partial charge in [-0.1, -0.05) is 5.16 Å². The molecule has 2 rings (SSSR count). The predicted molar refractivity (Wildman–Crippen MR) is 81.8 cm³/mol. The lowest BCUT2D eigenvalue weighted by molar-refractivity contribution is 0.133. The van der Waals surface area contributed by atoms with Crippen LogP contribution in [0.3, 0.4) is 0 Å². The molecule has 1 aliphatic rings. The van der Waals surface area contributed by atoms with Crippen molar-refractivity contribution in [3.8, 4) is 11.5 Å². The van der Waals surface area contributed by atoms with Gasteiger partial charge in [0.2, 0.25) is 0 Å². The van der Waals surface area contributed by atoms with E-state index in [1.165, 1.54) is 6.21 Å². The zero-order chi connectivity index (χ0) is 15.1. The van der Waals surface area contributed by atoms with Crippen molar-refractivity contribution in [2.75, 3.05) is 53.5 Å². The summed E-state index contributed by atoms with van der Waals surface area (Å²) in [6, 6.07) is 5.44. The lowest BCUT2D eigenvalue weighted by atomic mass is 10.2. The lowest BCUT2D eigenvalue weighted by Gasteiger charge is -2.32. The molecule has 0 aliphatic carbocycles. The van der Waals surface area contributed by atoms with Crippen molar-refractivity contribution in [1.82, 2.24) is 9.80 Å². The summed E-state index contributed by atoms with van der Waals surface area (Å²) in [7, 11) is 3.75. The summed E-state index contributed by atoms with van der Waals surface area (Å²) in [6.07, 6.45) is 1.36. The molecule has 21 heavy (non-hydrogen) atoms. The van der Waals surface area contributed by atoms with Gasteiger partial charge in [-0.15, -0.1) is 0 Å². The molecule has 116 valence electrons. The number of methoxy groups -OCH3 is 1. The van der Waals surface area contributed by atoms with Gasteiger partial charge in [0.1, 0.15) is 6.61 Å². The highest BCUT2D eigenvalue weighted by Crippen LogP contribution is 2.27. The van der Waals surface area contributed by atoms with Crippen molar-refractivity contribution in [1.29, 1.82) is 0 Å². The Morgan fingerprint density at radius 2 is 2.00 bits per heavy atom. The molecule has 0 spiro atoms. The topological polar surface area (TPSA) is 57.5 Å². The first kappa shape index (κ1) is 15.6. The number of benzene rings is 1. The number of hydrogen-bond acceptors (Lipinski definition) is 6. The Morgan fingerprint density at radius 1 is 1.24 bits per heavy atom. The van der Waals surface area contributed by atoms with Crippen LogP contribution in [0.5, 0.6) is 11.5 Å². The molecule has 1 aromatic carbocycles. The standard InChI is InChI=1S/C15H23N3O3/c1-17-5-7-18(8-6-17)9-10-21-14-4-3-13(12-16-19)11-15(14)20-2/h3-4,11-12,19H,5-10H2,1-2H3. The van der Waals surface area contributed by atoms with Crippen LogP contribution >= 0.6 is 0 Å². The minimum atomic E-state index is 0.632. The number of likely N-dealkylation sites (N-methyl/N-ethyl adjacent to an activating group) is 1. The Kier molecular flexibility index (Phi) is 5.83. The molecule has 1 aromatic rings. The van der Waals surface area contributed by atoms with Crippen molar-refractivity contribution in [2.45, 2.75) is 0 Å². The minimum Gasteiger partial charge on any atom is -0.493 e. The van der Waals surface area contributed by atoms with Crippen LogP contribution in [-0.2, 0) is 0 Å². The molecule has 0 radical (unpaired) electrons. The molecule has 0 saturated carbocycles. The molecule has 6 heteroatoms. The molecular formula is C15H23N3O3. The summed E-state index contributed by atoms with van der Waals surface area (Å²) >= 11 is 0. The van der Waals surface area contributed by atoms with E-state index < -0.39 is 0 Å². The molecule has 1 fully saturated rings. The quantitative estimate of drug-likeness (QED) is 0.484. The minimum absolute atomic E-state index is 0.632. The van der Waals surface area contributed by atoms with Gasteiger partial charge in [0, 0.05) is 38.3 Å². The Bertz CT molecular complexity index is 471. The van der Waals surface area contributed by atoms with Gasteiger partial charge in [-0.05, 0) is 25.2 Å². The monoisotopic (exact) mass is 293 g/mol. The Balaban J connectivity index is 1.85. The van der Waals surface area contributed by atoms with Crippen LogP contribution in [-0.4, -0.2) is 74.7 Å². The molecule has 1 aliphatic heterocycles. The van der Waals surface area contributed by atoms with E-state index >= 15 is 0 Å². The Morgan fingerprint density at radius 3 is 2.67 bits per heavy atom. The van der Waals surface area contributed by atoms with Crippen LogP contribution < -0.4 is 9.47 Å². The summed E-state index contributed by atoms with van der Waals surface area (Å²) in [5, 5.41) is 11.6. The second-order valence-electron chi connectivity index (χ2n) is 5.15. The highest BCUT2D eigenvalue weighted by Gasteiger charge is 2.13. The first-order valence-electron chi connectivity index (χ1n) is 7.12. The van der Waals surface area contributed by atoms with E-state index in [0.29, 0.717) is 18.1 Å². The molecule has 0 unspecified atom stereocenters. The summed E-state index contributed by atoms with van der Waals surface area (Å²) < 4.78 is 11.1. The molecule has 1 heterocycles. The molecule has 1 saturated heterocycles. The summed E-state index contributed by atoms with van der Waals surface area (Å²) in [6.45, 7) is 5.94. The number of rotatable bonds is 6. The van der Waals surface area contributed by atoms with Crippen molar-refractivity contribution in [3.05, 3.63) is 23.8 Å². The van der Waals surface area contributed by atoms with Gasteiger partial charge < -0.3 is 19.6 Å². The third-order valence-electron chi connectivity index (χ3n) is 3.66. The van der Waals surface area contributed by atoms with Crippen LogP contribution in [0.1, 0.15) is 5.56 Å². The van der Waals surface area contributed by atoms with Gasteiger partial charge in [0.05, 0.1) is 13.3 Å². The molecular weight excluding hydrogens is 270 g/mol. The molecule has 6 nitrogen and oxygen atoms in total. The average Bonchev–Trinajstić information content (AvgIpc) is 2.50. The molecule has 0 atom stereocenters. The highest BCUT2D eigenvalue weighted by atomic mass is 16.5. The molecule has 1 N–H and O–H groups in total. The SMILES string of the molecule is COc1cc(C=NO)ccc1OCCN1CCN(C)CC1. The van der Waals surface area contributed by atoms with E-state index in [1.807, 2.05) is 12.1 Å². The molecule has 0 aromatic heterocycles. The van der Waals surface area contributed by atoms with Crippen LogP contribution in [0, 0.1) is 0 Å². The fraction of sp³-hybridized carbons (Fsp3) is 0.533. The molecule has 0 amide bonds. The van der Waals surface area contributed by atoms with Gasteiger partial charge in [-0.2, -0.15) is 0 Å². The highest BCUT2D eigenvalue weighted by molar-refractivity contribution is 5.80. The number of piperazine rings is 1. The maximum atomic E-state index is 8.55. The summed E-state index contributed by atoms with van der Waals surface area (Å²) in [5.74, 6) is 1.35. The number of nitrogens with zero attached hydrogens (tertiary/aromatic N) is 3. The number of hydrogen-bond donors (Lipinski definition) is 1. The Labute approximate surface area is 125 Å². The van der Waals surface area contributed by atoms with Crippen LogP contribution in [0.2, 0.25) is 0 Å². The maximum absolute atomic E-state index is 8.55. The normalized spacial score (nSPS) is 17.2. The fourth-order valence-electron chi connectivity index (χ4n) is 2.31. The smallest absolute Gasteiger partial charge is 0.161 e. The summed E-state index contributed by atoms with van der Waals surface area (Å²) in [4.78, 5) is 4.74. The van der Waals surface area contributed by atoms with Gasteiger partial charge in [-0.3, -0.25) is 4.90 Å². The van der Waals surface area contributed by atoms with Crippen LogP contribution in [0.25, 0.3) is 0 Å². The second kappa shape index (κ2) is 7.85. The van der Waals surface area contributed by atoms with Crippen molar-refractivity contribution < 1.29 is 14.7 Å². The molecule has 0 bridgehead atoms. The van der Waals surface area contributed by atoms with E-state index in [4.69, 9.17) is 14.7 Å². The van der Waals surface area contributed by atoms with Crippen molar-refractivity contribution in [2.24, 2.45) is 5.16 Å². The second-order valence-corrected chi connectivity index (χ2v) is 5.15. The van der Waals surface area contributed by atoms with E-state index in [2.05, 4.69) is 22.0 Å². The van der Waals surface area contributed by atoms with Gasteiger partial charge in [-0.25, -0.2) is 0 Å². The summed E-state index contributed by atoms with van der Waals surface area (Å²) in [5.41, 5.74) is 0.765. The zero-order valence-corrected chi connectivity index (χ0v) is 12.7. The predicted octanol–water partition coefficient (Wildman–Crippen LogP) is 1.13. The van der Waals surface area contributed by atoms with Gasteiger partial charge in [0.15, 0.2) is 11.5 Å². The first-order valence-corrected chi connectivity index (χ1v) is 7.12. The lowest BCUT2D eigenvalue weighted by Crippen LogP contribution is -2.45.